The molecule has 0 aromatic heterocycles. The van der Waals surface area contributed by atoms with Gasteiger partial charge in [0.2, 0.25) is 0 Å². The van der Waals surface area contributed by atoms with Gasteiger partial charge >= 0.3 is 0 Å². The second kappa shape index (κ2) is 6.74. The summed E-state index contributed by atoms with van der Waals surface area (Å²) in [4.78, 5) is 0. The van der Waals surface area contributed by atoms with Crippen LogP contribution >= 0.6 is 23.2 Å². The summed E-state index contributed by atoms with van der Waals surface area (Å²) in [6, 6.07) is 23.3. The molecule has 1 N–H and O–H groups in total. The van der Waals surface area contributed by atoms with Crippen molar-refractivity contribution >= 4 is 28.9 Å². The Labute approximate surface area is 169 Å². The first-order valence-corrected chi connectivity index (χ1v) is 10.0. The van der Waals surface area contributed by atoms with Gasteiger partial charge in [-0.15, -0.1) is 0 Å². The summed E-state index contributed by atoms with van der Waals surface area (Å²) in [5.41, 5.74) is 6.20. The number of hydrogen-bond acceptors (Lipinski definition) is 1. The Morgan fingerprint density at radius 3 is 2.48 bits per heavy atom. The Balaban J connectivity index is 1.58. The zero-order valence-electron chi connectivity index (χ0n) is 14.7. The van der Waals surface area contributed by atoms with Gasteiger partial charge in [-0.05, 0) is 58.9 Å². The van der Waals surface area contributed by atoms with Crippen LogP contribution in [0.2, 0.25) is 10.0 Å². The first-order chi connectivity index (χ1) is 13.2. The van der Waals surface area contributed by atoms with Crippen LogP contribution in [0.4, 0.5) is 5.69 Å². The minimum absolute atomic E-state index is 0.185. The molecule has 0 radical (unpaired) electrons. The van der Waals surface area contributed by atoms with E-state index in [-0.39, 0.29) is 6.04 Å². The predicted molar refractivity (Wildman–Crippen MR) is 115 cm³/mol. The topological polar surface area (TPSA) is 12.0 Å². The molecule has 1 heterocycles. The minimum Gasteiger partial charge on any atom is -0.378 e. The predicted octanol–water partition coefficient (Wildman–Crippen LogP) is 7.49. The Morgan fingerprint density at radius 1 is 0.815 bits per heavy atom. The molecule has 3 aromatic rings. The van der Waals surface area contributed by atoms with E-state index in [1.165, 1.54) is 22.4 Å². The molecule has 1 aliphatic heterocycles. The molecule has 0 bridgehead atoms. The van der Waals surface area contributed by atoms with Gasteiger partial charge in [0.15, 0.2) is 0 Å². The summed E-state index contributed by atoms with van der Waals surface area (Å²) in [6.07, 6.45) is 5.71. The summed E-state index contributed by atoms with van der Waals surface area (Å²) in [7, 11) is 0. The highest BCUT2D eigenvalue weighted by Gasteiger charge is 2.38. The fourth-order valence-corrected chi connectivity index (χ4v) is 4.99. The van der Waals surface area contributed by atoms with E-state index >= 15 is 0 Å². The van der Waals surface area contributed by atoms with Gasteiger partial charge in [-0.3, -0.25) is 0 Å². The second-order valence-electron chi connectivity index (χ2n) is 7.31. The van der Waals surface area contributed by atoms with Gasteiger partial charge in [-0.25, -0.2) is 0 Å². The van der Waals surface area contributed by atoms with Crippen LogP contribution in [-0.2, 0) is 0 Å². The highest BCUT2D eigenvalue weighted by Crippen LogP contribution is 2.51. The molecule has 5 rings (SSSR count). The van der Waals surface area contributed by atoms with Crippen LogP contribution in [0.3, 0.4) is 0 Å². The summed E-state index contributed by atoms with van der Waals surface area (Å²) in [5.74, 6) is 0.865. The molecule has 0 unspecified atom stereocenters. The number of nitrogens with one attached hydrogen (secondary N) is 1. The highest BCUT2D eigenvalue weighted by atomic mass is 35.5. The van der Waals surface area contributed by atoms with Crippen LogP contribution in [0, 0.1) is 5.92 Å². The van der Waals surface area contributed by atoms with E-state index in [2.05, 4.69) is 72.1 Å². The van der Waals surface area contributed by atoms with Crippen molar-refractivity contribution < 1.29 is 0 Å². The van der Waals surface area contributed by atoms with Crippen LogP contribution in [0.5, 0.6) is 0 Å². The quantitative estimate of drug-likeness (QED) is 0.446. The molecule has 2 aliphatic rings. The molecular formula is C24H19Cl2N. The van der Waals surface area contributed by atoms with E-state index in [9.17, 15) is 0 Å². The Hall–Kier alpha value is -2.22. The number of hydrogen-bond donors (Lipinski definition) is 1. The number of benzene rings is 3. The van der Waals surface area contributed by atoms with E-state index < -0.39 is 0 Å². The second-order valence-corrected chi connectivity index (χ2v) is 8.15. The van der Waals surface area contributed by atoms with Crippen molar-refractivity contribution in [3.05, 3.63) is 100 Å². The third-order valence-electron chi connectivity index (χ3n) is 5.77. The van der Waals surface area contributed by atoms with Crippen molar-refractivity contribution in [2.24, 2.45) is 5.92 Å². The molecule has 0 saturated carbocycles. The zero-order chi connectivity index (χ0) is 18.4. The first kappa shape index (κ1) is 16.9. The average Bonchev–Trinajstić information content (AvgIpc) is 3.18. The van der Waals surface area contributed by atoms with Crippen LogP contribution in [0.25, 0.3) is 11.1 Å². The zero-order valence-corrected chi connectivity index (χ0v) is 16.2. The third-order valence-corrected chi connectivity index (χ3v) is 6.33. The maximum atomic E-state index is 6.54. The fraction of sp³-hybridized carbons (Fsp3) is 0.167. The van der Waals surface area contributed by atoms with Crippen LogP contribution in [0.1, 0.15) is 29.5 Å². The number of anilines is 1. The van der Waals surface area contributed by atoms with E-state index in [1.54, 1.807) is 0 Å². The third kappa shape index (κ3) is 2.96. The van der Waals surface area contributed by atoms with Crippen molar-refractivity contribution in [2.75, 3.05) is 5.32 Å². The van der Waals surface area contributed by atoms with Crippen molar-refractivity contribution in [3.63, 3.8) is 0 Å². The van der Waals surface area contributed by atoms with Gasteiger partial charge < -0.3 is 5.32 Å². The lowest BCUT2D eigenvalue weighted by Crippen LogP contribution is -2.29. The minimum atomic E-state index is 0.185. The Morgan fingerprint density at radius 2 is 1.67 bits per heavy atom. The maximum absolute atomic E-state index is 6.54. The number of allylic oxidation sites excluding steroid dienone is 2. The Bertz CT molecular complexity index is 1030. The standard InChI is InChI=1S/C24H19Cl2N/c25-17-10-11-20(22(26)14-17)24-19-8-4-7-18(19)21-13-16(9-12-23(21)27-24)15-5-2-1-3-6-15/h1-7,9-14,18-19,24,27H,8H2/t18-,19+,24+/m0/s1. The molecule has 134 valence electrons. The van der Waals surface area contributed by atoms with Gasteiger partial charge in [0, 0.05) is 21.7 Å². The molecule has 3 heteroatoms. The molecule has 1 aliphatic carbocycles. The van der Waals surface area contributed by atoms with E-state index in [4.69, 9.17) is 23.2 Å². The van der Waals surface area contributed by atoms with E-state index in [1.807, 2.05) is 12.1 Å². The number of halogens is 2. The van der Waals surface area contributed by atoms with E-state index in [0.29, 0.717) is 16.9 Å². The summed E-state index contributed by atoms with van der Waals surface area (Å²) in [5, 5.41) is 5.16. The van der Waals surface area contributed by atoms with Gasteiger partial charge in [0.25, 0.3) is 0 Å². The maximum Gasteiger partial charge on any atom is 0.0568 e. The molecule has 3 atom stereocenters. The number of rotatable bonds is 2. The monoisotopic (exact) mass is 391 g/mol. The van der Waals surface area contributed by atoms with Gasteiger partial charge in [-0.1, -0.05) is 77.8 Å². The lowest BCUT2D eigenvalue weighted by Gasteiger charge is -2.38. The summed E-state index contributed by atoms with van der Waals surface area (Å²) < 4.78 is 0. The molecule has 1 nitrogen and oxygen atoms in total. The normalized spacial score (nSPS) is 22.8. The van der Waals surface area contributed by atoms with Crippen molar-refractivity contribution in [1.82, 2.24) is 0 Å². The lowest BCUT2D eigenvalue weighted by molar-refractivity contribution is 0.426. The smallest absolute Gasteiger partial charge is 0.0568 e. The van der Waals surface area contributed by atoms with Crippen LogP contribution in [0.15, 0.2) is 78.9 Å². The van der Waals surface area contributed by atoms with Crippen LogP contribution in [-0.4, -0.2) is 0 Å². The number of fused-ring (bicyclic) bond motifs is 3. The summed E-state index contributed by atoms with van der Waals surface area (Å²) in [6.45, 7) is 0. The molecule has 0 fully saturated rings. The van der Waals surface area contributed by atoms with Gasteiger partial charge in [0.1, 0.15) is 0 Å². The molecular weight excluding hydrogens is 373 g/mol. The Kier molecular flexibility index (Phi) is 4.22. The summed E-state index contributed by atoms with van der Waals surface area (Å²) >= 11 is 12.6. The van der Waals surface area contributed by atoms with Gasteiger partial charge in [0.05, 0.1) is 6.04 Å². The van der Waals surface area contributed by atoms with Crippen molar-refractivity contribution in [1.29, 1.82) is 0 Å². The average molecular weight is 392 g/mol. The highest BCUT2D eigenvalue weighted by molar-refractivity contribution is 6.35. The largest absolute Gasteiger partial charge is 0.378 e. The fourth-order valence-electron chi connectivity index (χ4n) is 4.47. The van der Waals surface area contributed by atoms with Crippen LogP contribution < -0.4 is 5.32 Å². The molecule has 27 heavy (non-hydrogen) atoms. The molecule has 0 amide bonds. The molecule has 0 spiro atoms. The SMILES string of the molecule is Clc1ccc([C@@H]2Nc3ccc(-c4ccccc4)cc3[C@H]3C=CC[C@H]32)c(Cl)c1. The first-order valence-electron chi connectivity index (χ1n) is 9.28. The van der Waals surface area contributed by atoms with Crippen molar-refractivity contribution in [2.45, 2.75) is 18.4 Å². The molecule has 0 saturated heterocycles. The molecule has 3 aromatic carbocycles. The van der Waals surface area contributed by atoms with Crippen molar-refractivity contribution in [3.8, 4) is 11.1 Å². The lowest BCUT2D eigenvalue weighted by atomic mass is 9.76. The van der Waals surface area contributed by atoms with Gasteiger partial charge in [-0.2, -0.15) is 0 Å². The van der Waals surface area contributed by atoms with E-state index in [0.717, 1.165) is 17.0 Å².